The van der Waals surface area contributed by atoms with Crippen molar-refractivity contribution in [2.24, 2.45) is 0 Å². The van der Waals surface area contributed by atoms with Crippen molar-refractivity contribution in [3.63, 3.8) is 0 Å². The van der Waals surface area contributed by atoms with Crippen LogP contribution in [0.15, 0.2) is 78.9 Å². The Kier molecular flexibility index (Phi) is 5.97. The SMILES string of the molecule is C[C@@H](NC(=O)C(c1ccccc1)c1ccccc1)c1ccc(Cl)cc1Cl. The Hall–Kier alpha value is -2.29. The van der Waals surface area contributed by atoms with Gasteiger partial charge < -0.3 is 5.32 Å². The van der Waals surface area contributed by atoms with Crippen molar-refractivity contribution in [1.82, 2.24) is 5.32 Å². The molecule has 2 nitrogen and oxygen atoms in total. The second kappa shape index (κ2) is 8.39. The van der Waals surface area contributed by atoms with Crippen molar-refractivity contribution >= 4 is 29.1 Å². The van der Waals surface area contributed by atoms with Crippen LogP contribution in [0.5, 0.6) is 0 Å². The molecule has 4 heteroatoms. The molecule has 0 heterocycles. The summed E-state index contributed by atoms with van der Waals surface area (Å²) in [7, 11) is 0. The molecule has 0 saturated heterocycles. The van der Waals surface area contributed by atoms with Crippen LogP contribution in [0.1, 0.15) is 35.6 Å². The predicted molar refractivity (Wildman–Crippen MR) is 108 cm³/mol. The van der Waals surface area contributed by atoms with Crippen LogP contribution in [0.3, 0.4) is 0 Å². The van der Waals surface area contributed by atoms with Gasteiger partial charge >= 0.3 is 0 Å². The highest BCUT2D eigenvalue weighted by Crippen LogP contribution is 2.29. The Bertz CT molecular complexity index is 842. The second-order valence-corrected chi connectivity index (χ2v) is 6.99. The summed E-state index contributed by atoms with van der Waals surface area (Å²) in [5.41, 5.74) is 2.74. The first-order valence-corrected chi connectivity index (χ1v) is 9.17. The van der Waals surface area contributed by atoms with Crippen molar-refractivity contribution in [2.45, 2.75) is 18.9 Å². The minimum atomic E-state index is -0.383. The van der Waals surface area contributed by atoms with Crippen LogP contribution in [-0.2, 0) is 4.79 Å². The number of hydrogen-bond donors (Lipinski definition) is 1. The lowest BCUT2D eigenvalue weighted by molar-refractivity contribution is -0.122. The predicted octanol–water partition coefficient (Wildman–Crippen LogP) is 6.00. The highest BCUT2D eigenvalue weighted by atomic mass is 35.5. The average Bonchev–Trinajstić information content (AvgIpc) is 2.63. The van der Waals surface area contributed by atoms with Crippen molar-refractivity contribution in [3.8, 4) is 0 Å². The van der Waals surface area contributed by atoms with Gasteiger partial charge in [0.2, 0.25) is 5.91 Å². The Morgan fingerprint density at radius 1 is 0.846 bits per heavy atom. The molecule has 0 aliphatic carbocycles. The van der Waals surface area contributed by atoms with Gasteiger partial charge in [-0.05, 0) is 35.7 Å². The number of carbonyl (C=O) groups excluding carboxylic acids is 1. The van der Waals surface area contributed by atoms with Crippen molar-refractivity contribution in [1.29, 1.82) is 0 Å². The second-order valence-electron chi connectivity index (χ2n) is 6.15. The maximum atomic E-state index is 13.1. The zero-order valence-corrected chi connectivity index (χ0v) is 15.8. The molecule has 0 radical (unpaired) electrons. The van der Waals surface area contributed by atoms with Crippen LogP contribution in [0.2, 0.25) is 10.0 Å². The molecule has 0 spiro atoms. The summed E-state index contributed by atoms with van der Waals surface area (Å²) < 4.78 is 0. The van der Waals surface area contributed by atoms with Crippen molar-refractivity contribution < 1.29 is 4.79 Å². The molecule has 3 rings (SSSR count). The molecular weight excluding hydrogens is 365 g/mol. The maximum absolute atomic E-state index is 13.1. The van der Waals surface area contributed by atoms with E-state index in [0.717, 1.165) is 16.7 Å². The number of carbonyl (C=O) groups is 1. The third-order valence-corrected chi connectivity index (χ3v) is 4.88. The smallest absolute Gasteiger partial charge is 0.232 e. The summed E-state index contributed by atoms with van der Waals surface area (Å²) in [5.74, 6) is -0.452. The normalized spacial score (nSPS) is 12.0. The van der Waals surface area contributed by atoms with Gasteiger partial charge in [0.05, 0.1) is 12.0 Å². The molecule has 3 aromatic carbocycles. The fourth-order valence-electron chi connectivity index (χ4n) is 3.01. The molecule has 132 valence electrons. The van der Waals surface area contributed by atoms with Gasteiger partial charge in [0.15, 0.2) is 0 Å². The summed E-state index contributed by atoms with van der Waals surface area (Å²) in [6, 6.07) is 24.6. The monoisotopic (exact) mass is 383 g/mol. The van der Waals surface area contributed by atoms with Crippen molar-refractivity contribution in [2.75, 3.05) is 0 Å². The first kappa shape index (κ1) is 18.5. The van der Waals surface area contributed by atoms with Crippen LogP contribution in [0, 0.1) is 0 Å². The number of halogens is 2. The third kappa shape index (κ3) is 4.27. The summed E-state index contributed by atoms with van der Waals surface area (Å²) in [5, 5.41) is 4.20. The fraction of sp³-hybridized carbons (Fsp3) is 0.136. The van der Waals surface area contributed by atoms with E-state index in [1.165, 1.54) is 0 Å². The lowest BCUT2D eigenvalue weighted by atomic mass is 9.90. The molecule has 1 atom stereocenters. The maximum Gasteiger partial charge on any atom is 0.232 e. The minimum Gasteiger partial charge on any atom is -0.349 e. The van der Waals surface area contributed by atoms with E-state index in [-0.39, 0.29) is 17.9 Å². The molecule has 3 aromatic rings. The summed E-state index contributed by atoms with van der Waals surface area (Å²) in [6.07, 6.45) is 0. The van der Waals surface area contributed by atoms with Crippen LogP contribution >= 0.6 is 23.2 Å². The summed E-state index contributed by atoms with van der Waals surface area (Å²) in [6.45, 7) is 1.92. The molecule has 0 saturated carbocycles. The van der Waals surface area contributed by atoms with Gasteiger partial charge in [0.1, 0.15) is 0 Å². The molecule has 26 heavy (non-hydrogen) atoms. The van der Waals surface area contributed by atoms with Gasteiger partial charge in [-0.1, -0.05) is 89.9 Å². The van der Waals surface area contributed by atoms with Gasteiger partial charge in [-0.25, -0.2) is 0 Å². The van der Waals surface area contributed by atoms with Gasteiger partial charge in [-0.2, -0.15) is 0 Å². The topological polar surface area (TPSA) is 29.1 Å². The van der Waals surface area contributed by atoms with Crippen LogP contribution in [0.25, 0.3) is 0 Å². The molecule has 1 amide bonds. The van der Waals surface area contributed by atoms with E-state index in [1.54, 1.807) is 12.1 Å². The molecule has 0 fully saturated rings. The van der Waals surface area contributed by atoms with E-state index in [0.29, 0.717) is 10.0 Å². The molecule has 0 aliphatic heterocycles. The number of hydrogen-bond acceptors (Lipinski definition) is 1. The Balaban J connectivity index is 1.88. The Labute approximate surface area is 163 Å². The Morgan fingerprint density at radius 2 is 1.38 bits per heavy atom. The van der Waals surface area contributed by atoms with E-state index in [9.17, 15) is 4.79 Å². The molecular formula is C22H19Cl2NO. The summed E-state index contributed by atoms with van der Waals surface area (Å²) >= 11 is 12.3. The molecule has 0 bridgehead atoms. The first-order chi connectivity index (χ1) is 12.6. The summed E-state index contributed by atoms with van der Waals surface area (Å²) in [4.78, 5) is 13.1. The number of rotatable bonds is 5. The third-order valence-electron chi connectivity index (χ3n) is 4.32. The molecule has 0 aliphatic rings. The lowest BCUT2D eigenvalue weighted by Crippen LogP contribution is -2.32. The largest absolute Gasteiger partial charge is 0.349 e. The van der Waals surface area contributed by atoms with Crippen molar-refractivity contribution in [3.05, 3.63) is 106 Å². The van der Waals surface area contributed by atoms with Crippen LogP contribution in [0.4, 0.5) is 0 Å². The average molecular weight is 384 g/mol. The van der Waals surface area contributed by atoms with E-state index in [1.807, 2.05) is 73.7 Å². The number of amides is 1. The molecule has 0 unspecified atom stereocenters. The van der Waals surface area contributed by atoms with Crippen LogP contribution < -0.4 is 5.32 Å². The van der Waals surface area contributed by atoms with E-state index >= 15 is 0 Å². The highest BCUT2D eigenvalue weighted by molar-refractivity contribution is 6.35. The van der Waals surface area contributed by atoms with E-state index in [2.05, 4.69) is 5.32 Å². The molecule has 1 N–H and O–H groups in total. The first-order valence-electron chi connectivity index (χ1n) is 8.41. The fourth-order valence-corrected chi connectivity index (χ4v) is 3.59. The van der Waals surface area contributed by atoms with Gasteiger partial charge in [0, 0.05) is 10.0 Å². The zero-order chi connectivity index (χ0) is 18.5. The van der Waals surface area contributed by atoms with E-state index < -0.39 is 0 Å². The molecule has 0 aromatic heterocycles. The minimum absolute atomic E-state index is 0.0686. The van der Waals surface area contributed by atoms with Gasteiger partial charge in [0.25, 0.3) is 0 Å². The quantitative estimate of drug-likeness (QED) is 0.574. The number of nitrogens with one attached hydrogen (secondary N) is 1. The van der Waals surface area contributed by atoms with E-state index in [4.69, 9.17) is 23.2 Å². The van der Waals surface area contributed by atoms with Gasteiger partial charge in [-0.3, -0.25) is 4.79 Å². The van der Waals surface area contributed by atoms with Gasteiger partial charge in [-0.15, -0.1) is 0 Å². The highest BCUT2D eigenvalue weighted by Gasteiger charge is 2.24. The number of benzene rings is 3. The lowest BCUT2D eigenvalue weighted by Gasteiger charge is -2.22. The van der Waals surface area contributed by atoms with Crippen LogP contribution in [-0.4, -0.2) is 5.91 Å². The zero-order valence-electron chi connectivity index (χ0n) is 14.3. The Morgan fingerprint density at radius 3 is 1.88 bits per heavy atom. The standard InChI is InChI=1S/C22H19Cl2NO/c1-15(19-13-12-18(23)14-20(19)24)25-22(26)21(16-8-4-2-5-9-16)17-10-6-3-7-11-17/h2-15,21H,1H3,(H,25,26)/t15-/m1/s1.